The van der Waals surface area contributed by atoms with Gasteiger partial charge in [0, 0.05) is 11.1 Å². The first-order valence-electron chi connectivity index (χ1n) is 9.92. The second kappa shape index (κ2) is 8.42. The fourth-order valence-electron chi connectivity index (χ4n) is 3.74. The Bertz CT molecular complexity index is 1240. The molecule has 3 aromatic carbocycles. The van der Waals surface area contributed by atoms with E-state index in [0.29, 0.717) is 22.3 Å². The average molecular weight is 442 g/mol. The van der Waals surface area contributed by atoms with Crippen molar-refractivity contribution in [3.8, 4) is 11.1 Å². The lowest BCUT2D eigenvalue weighted by Gasteiger charge is -2.29. The van der Waals surface area contributed by atoms with Gasteiger partial charge in [-0.25, -0.2) is 17.9 Å². The first-order chi connectivity index (χ1) is 14.5. The molecule has 164 valence electrons. The van der Waals surface area contributed by atoms with Crippen LogP contribution in [0.5, 0.6) is 0 Å². The maximum atomic E-state index is 12.8. The summed E-state index contributed by atoms with van der Waals surface area (Å²) in [5, 5.41) is 11.7. The van der Waals surface area contributed by atoms with Gasteiger partial charge in [0.1, 0.15) is 0 Å². The van der Waals surface area contributed by atoms with Crippen LogP contribution in [0.15, 0.2) is 59.5 Å². The van der Waals surface area contributed by atoms with Gasteiger partial charge < -0.3 is 9.84 Å². The summed E-state index contributed by atoms with van der Waals surface area (Å²) < 4.78 is 33.9. The van der Waals surface area contributed by atoms with Gasteiger partial charge in [-0.1, -0.05) is 48.5 Å². The van der Waals surface area contributed by atoms with E-state index < -0.39 is 27.7 Å². The molecule has 0 fully saturated rings. The molecule has 0 spiro atoms. The zero-order chi connectivity index (χ0) is 23.0. The van der Waals surface area contributed by atoms with Gasteiger partial charge >= 0.3 is 5.97 Å². The standard InChI is InChI=1S/C24H27NO5S/c1-15-14-16-10-6-7-11-17(16)21(20(15)22(23(26)27)30-24(2,3)4)18-12-8-9-13-19(18)31(28,29)25-5/h6-14,22,25H,1-5H3,(H,26,27)/t22-/m0/s1. The minimum atomic E-state index is -3.79. The summed E-state index contributed by atoms with van der Waals surface area (Å²) >= 11 is 0. The molecule has 31 heavy (non-hydrogen) atoms. The molecule has 0 unspecified atom stereocenters. The van der Waals surface area contributed by atoms with E-state index in [0.717, 1.165) is 10.8 Å². The molecule has 1 atom stereocenters. The van der Waals surface area contributed by atoms with Crippen molar-refractivity contribution < 1.29 is 23.1 Å². The zero-order valence-electron chi connectivity index (χ0n) is 18.3. The molecular weight excluding hydrogens is 414 g/mol. The lowest BCUT2D eigenvalue weighted by Crippen LogP contribution is -2.28. The maximum absolute atomic E-state index is 12.8. The van der Waals surface area contributed by atoms with Gasteiger partial charge in [-0.3, -0.25) is 0 Å². The van der Waals surface area contributed by atoms with Crippen LogP contribution in [0.2, 0.25) is 0 Å². The third kappa shape index (κ3) is 4.63. The second-order valence-electron chi connectivity index (χ2n) is 8.36. The van der Waals surface area contributed by atoms with E-state index in [-0.39, 0.29) is 4.90 Å². The Morgan fingerprint density at radius 2 is 1.68 bits per heavy atom. The van der Waals surface area contributed by atoms with E-state index >= 15 is 0 Å². The van der Waals surface area contributed by atoms with Gasteiger partial charge in [0.05, 0.1) is 10.5 Å². The smallest absolute Gasteiger partial charge is 0.337 e. The molecule has 0 saturated carbocycles. The molecule has 0 saturated heterocycles. The summed E-state index contributed by atoms with van der Waals surface area (Å²) in [5.41, 5.74) is 1.40. The summed E-state index contributed by atoms with van der Waals surface area (Å²) in [6, 6.07) is 16.0. The molecule has 3 rings (SSSR count). The van der Waals surface area contributed by atoms with E-state index in [4.69, 9.17) is 4.74 Å². The molecule has 0 amide bonds. The highest BCUT2D eigenvalue weighted by Crippen LogP contribution is 2.42. The Hall–Kier alpha value is -2.74. The Morgan fingerprint density at radius 3 is 2.29 bits per heavy atom. The summed E-state index contributed by atoms with van der Waals surface area (Å²) in [7, 11) is -2.44. The van der Waals surface area contributed by atoms with Gasteiger partial charge in [-0.15, -0.1) is 0 Å². The summed E-state index contributed by atoms with van der Waals surface area (Å²) in [6.07, 6.45) is -1.27. The number of nitrogens with one attached hydrogen (secondary N) is 1. The number of hydrogen-bond donors (Lipinski definition) is 2. The highest BCUT2D eigenvalue weighted by Gasteiger charge is 2.32. The topological polar surface area (TPSA) is 92.7 Å². The lowest BCUT2D eigenvalue weighted by atomic mass is 9.87. The van der Waals surface area contributed by atoms with Gasteiger partial charge in [-0.2, -0.15) is 0 Å². The molecule has 0 bridgehead atoms. The number of fused-ring (bicyclic) bond motifs is 1. The fourth-order valence-corrected chi connectivity index (χ4v) is 4.67. The molecule has 0 aromatic heterocycles. The van der Waals surface area contributed by atoms with Crippen molar-refractivity contribution in [1.82, 2.24) is 4.72 Å². The molecule has 3 aromatic rings. The predicted octanol–water partition coefficient (Wildman–Crippen LogP) is 4.66. The number of aryl methyl sites for hydroxylation is 1. The second-order valence-corrected chi connectivity index (χ2v) is 10.2. The van der Waals surface area contributed by atoms with E-state index in [1.807, 2.05) is 37.3 Å². The van der Waals surface area contributed by atoms with Crippen molar-refractivity contribution in [3.63, 3.8) is 0 Å². The molecule has 0 aliphatic carbocycles. The highest BCUT2D eigenvalue weighted by atomic mass is 32.2. The van der Waals surface area contributed by atoms with Gasteiger partial charge in [0.15, 0.2) is 6.10 Å². The minimum absolute atomic E-state index is 0.0781. The van der Waals surface area contributed by atoms with Crippen molar-refractivity contribution in [2.24, 2.45) is 0 Å². The normalized spacial score (nSPS) is 13.3. The Morgan fingerprint density at radius 1 is 1.06 bits per heavy atom. The fraction of sp³-hybridized carbons (Fsp3) is 0.292. The first-order valence-corrected chi connectivity index (χ1v) is 11.4. The van der Waals surface area contributed by atoms with Crippen molar-refractivity contribution >= 4 is 26.8 Å². The molecule has 2 N–H and O–H groups in total. The Labute approximate surface area is 182 Å². The largest absolute Gasteiger partial charge is 0.479 e. The van der Waals surface area contributed by atoms with Crippen LogP contribution in [-0.2, 0) is 19.6 Å². The Kier molecular flexibility index (Phi) is 6.23. The van der Waals surface area contributed by atoms with Crippen LogP contribution >= 0.6 is 0 Å². The number of carboxylic acid groups (broad SMARTS) is 1. The minimum Gasteiger partial charge on any atom is -0.479 e. The molecule has 7 heteroatoms. The molecule has 0 aliphatic rings. The van der Waals surface area contributed by atoms with Crippen LogP contribution < -0.4 is 4.72 Å². The SMILES string of the molecule is CNS(=O)(=O)c1ccccc1-c1c([C@H](OC(C)(C)C)C(=O)O)c(C)cc2ccccc12. The Balaban J connectivity index is 2.50. The number of rotatable bonds is 6. The summed E-state index contributed by atoms with van der Waals surface area (Å²) in [4.78, 5) is 12.4. The van der Waals surface area contributed by atoms with E-state index in [2.05, 4.69) is 4.72 Å². The van der Waals surface area contributed by atoms with Crippen molar-refractivity contribution in [3.05, 3.63) is 65.7 Å². The number of ether oxygens (including phenoxy) is 1. The molecule has 0 aliphatic heterocycles. The monoisotopic (exact) mass is 441 g/mol. The van der Waals surface area contributed by atoms with Crippen LogP contribution in [0, 0.1) is 6.92 Å². The number of benzene rings is 3. The van der Waals surface area contributed by atoms with Gasteiger partial charge in [-0.05, 0) is 62.7 Å². The number of carboxylic acids is 1. The number of sulfonamides is 1. The van der Waals surface area contributed by atoms with Gasteiger partial charge in [0.25, 0.3) is 0 Å². The predicted molar refractivity (Wildman–Crippen MR) is 122 cm³/mol. The van der Waals surface area contributed by atoms with Crippen LogP contribution in [0.4, 0.5) is 0 Å². The van der Waals surface area contributed by atoms with Crippen molar-refractivity contribution in [2.75, 3.05) is 7.05 Å². The van der Waals surface area contributed by atoms with Crippen LogP contribution in [0.3, 0.4) is 0 Å². The lowest BCUT2D eigenvalue weighted by molar-refractivity contribution is -0.160. The summed E-state index contributed by atoms with van der Waals surface area (Å²) in [6.45, 7) is 7.19. The van der Waals surface area contributed by atoms with Gasteiger partial charge in [0.2, 0.25) is 10.0 Å². The van der Waals surface area contributed by atoms with E-state index in [1.54, 1.807) is 39.0 Å². The van der Waals surface area contributed by atoms with Crippen molar-refractivity contribution in [1.29, 1.82) is 0 Å². The van der Waals surface area contributed by atoms with Crippen molar-refractivity contribution in [2.45, 2.75) is 44.3 Å². The summed E-state index contributed by atoms with van der Waals surface area (Å²) in [5.74, 6) is -1.14. The molecular formula is C24H27NO5S. The average Bonchev–Trinajstić information content (AvgIpc) is 2.70. The molecule has 6 nitrogen and oxygen atoms in total. The number of aliphatic carboxylic acids is 1. The third-order valence-corrected chi connectivity index (χ3v) is 6.44. The first kappa shape index (κ1) is 22.9. The molecule has 0 radical (unpaired) electrons. The highest BCUT2D eigenvalue weighted by molar-refractivity contribution is 7.89. The quantitative estimate of drug-likeness (QED) is 0.580. The van der Waals surface area contributed by atoms with Crippen LogP contribution in [-0.4, -0.2) is 32.1 Å². The van der Waals surface area contributed by atoms with Crippen LogP contribution in [0.25, 0.3) is 21.9 Å². The van der Waals surface area contributed by atoms with E-state index in [9.17, 15) is 18.3 Å². The maximum Gasteiger partial charge on any atom is 0.337 e. The zero-order valence-corrected chi connectivity index (χ0v) is 19.1. The third-order valence-electron chi connectivity index (χ3n) is 4.97. The number of hydrogen-bond acceptors (Lipinski definition) is 4. The number of carbonyl (C=O) groups is 1. The van der Waals surface area contributed by atoms with Crippen LogP contribution in [0.1, 0.15) is 38.0 Å². The van der Waals surface area contributed by atoms with E-state index in [1.165, 1.54) is 13.1 Å². The molecule has 0 heterocycles.